The van der Waals surface area contributed by atoms with Crippen LogP contribution in [0.5, 0.6) is 11.5 Å². The zero-order chi connectivity index (χ0) is 20.7. The van der Waals surface area contributed by atoms with E-state index in [-0.39, 0.29) is 12.2 Å². The van der Waals surface area contributed by atoms with Gasteiger partial charge in [-0.2, -0.15) is 5.10 Å². The maximum Gasteiger partial charge on any atom is 0.312 e. The molecule has 28 heavy (non-hydrogen) atoms. The maximum absolute atomic E-state index is 11.8. The number of aromatic hydroxyl groups is 1. The highest BCUT2D eigenvalue weighted by Crippen LogP contribution is 2.32. The molecular weight excluding hydrogens is 430 g/mol. The van der Waals surface area contributed by atoms with Crippen molar-refractivity contribution in [2.45, 2.75) is 26.2 Å². The van der Waals surface area contributed by atoms with Gasteiger partial charge in [-0.3, -0.25) is 14.9 Å². The molecule has 0 heterocycles. The third kappa shape index (κ3) is 5.78. The number of nitrogens with zero attached hydrogens (tertiary/aromatic N) is 2. The van der Waals surface area contributed by atoms with Crippen LogP contribution in [0.15, 0.2) is 46.0 Å². The minimum absolute atomic E-state index is 0.0860. The molecule has 0 aliphatic heterocycles. The molecule has 2 aromatic carbocycles. The van der Waals surface area contributed by atoms with Crippen LogP contribution >= 0.6 is 15.9 Å². The quantitative estimate of drug-likeness (QED) is 0.357. The summed E-state index contributed by atoms with van der Waals surface area (Å²) >= 11 is 3.12. The number of phenolic OH excluding ortho intramolecular Hbond substituents is 1. The molecule has 1 atom stereocenters. The molecular formula is C19H20BrN3O5. The van der Waals surface area contributed by atoms with E-state index in [1.54, 1.807) is 12.1 Å². The van der Waals surface area contributed by atoms with E-state index in [1.807, 2.05) is 12.1 Å². The highest BCUT2D eigenvalue weighted by Gasteiger charge is 2.17. The number of amides is 1. The highest BCUT2D eigenvalue weighted by molar-refractivity contribution is 9.10. The summed E-state index contributed by atoms with van der Waals surface area (Å²) < 4.78 is 5.80. The van der Waals surface area contributed by atoms with Gasteiger partial charge in [0.2, 0.25) is 5.75 Å². The monoisotopic (exact) mass is 449 g/mol. The van der Waals surface area contributed by atoms with Crippen LogP contribution in [0, 0.1) is 10.1 Å². The molecule has 0 bridgehead atoms. The Morgan fingerprint density at radius 2 is 2.07 bits per heavy atom. The van der Waals surface area contributed by atoms with Gasteiger partial charge in [0.25, 0.3) is 5.91 Å². The number of hydrogen-bond donors (Lipinski definition) is 2. The largest absolute Gasteiger partial charge is 0.502 e. The van der Waals surface area contributed by atoms with E-state index in [0.717, 1.165) is 12.6 Å². The number of rotatable bonds is 8. The molecule has 0 spiro atoms. The van der Waals surface area contributed by atoms with E-state index >= 15 is 0 Å². The Morgan fingerprint density at radius 3 is 2.68 bits per heavy atom. The number of nitro benzene ring substituents is 1. The van der Waals surface area contributed by atoms with Gasteiger partial charge in [0, 0.05) is 16.1 Å². The minimum atomic E-state index is -0.712. The molecule has 1 amide bonds. The van der Waals surface area contributed by atoms with Crippen molar-refractivity contribution in [3.05, 3.63) is 62.1 Å². The summed E-state index contributed by atoms with van der Waals surface area (Å²) in [5.41, 5.74) is 3.07. The topological polar surface area (TPSA) is 114 Å². The SMILES string of the molecule is CCC(C)c1ccc(OCC(=O)NN=Cc2cc(Br)cc([N+](=O)[O-])c2O)cc1. The Hall–Kier alpha value is -2.94. The summed E-state index contributed by atoms with van der Waals surface area (Å²) in [4.78, 5) is 22.0. The van der Waals surface area contributed by atoms with Gasteiger partial charge in [-0.15, -0.1) is 0 Å². The summed E-state index contributed by atoms with van der Waals surface area (Å²) in [7, 11) is 0. The third-order valence-electron chi connectivity index (χ3n) is 4.11. The molecule has 0 radical (unpaired) electrons. The zero-order valence-corrected chi connectivity index (χ0v) is 17.0. The van der Waals surface area contributed by atoms with E-state index in [2.05, 4.69) is 40.3 Å². The second kappa shape index (κ2) is 9.84. The maximum atomic E-state index is 11.8. The molecule has 148 valence electrons. The molecule has 0 aliphatic rings. The number of ether oxygens (including phenoxy) is 1. The average Bonchev–Trinajstić information content (AvgIpc) is 2.68. The van der Waals surface area contributed by atoms with Gasteiger partial charge in [-0.1, -0.05) is 41.9 Å². The molecule has 0 aliphatic carbocycles. The van der Waals surface area contributed by atoms with Crippen LogP contribution in [0.25, 0.3) is 0 Å². The number of carbonyl (C=O) groups is 1. The molecule has 1 unspecified atom stereocenters. The summed E-state index contributed by atoms with van der Waals surface area (Å²) in [5, 5.41) is 24.5. The first-order chi connectivity index (χ1) is 13.3. The Balaban J connectivity index is 1.91. The second-order valence-corrected chi connectivity index (χ2v) is 7.00. The Morgan fingerprint density at radius 1 is 1.39 bits per heavy atom. The van der Waals surface area contributed by atoms with Crippen LogP contribution in [-0.2, 0) is 4.79 Å². The van der Waals surface area contributed by atoms with E-state index in [1.165, 1.54) is 17.7 Å². The fraction of sp³-hybridized carbons (Fsp3) is 0.263. The fourth-order valence-electron chi connectivity index (χ4n) is 2.33. The molecule has 0 fully saturated rings. The van der Waals surface area contributed by atoms with E-state index < -0.39 is 22.3 Å². The number of phenols is 1. The van der Waals surface area contributed by atoms with Gasteiger partial charge in [-0.05, 0) is 36.1 Å². The lowest BCUT2D eigenvalue weighted by atomic mass is 9.99. The lowest BCUT2D eigenvalue weighted by Crippen LogP contribution is -2.24. The number of carbonyl (C=O) groups excluding carboxylic acids is 1. The standard InChI is InChI=1S/C19H20BrN3O5/c1-3-12(2)13-4-6-16(7-5-13)28-11-18(24)22-21-10-14-8-15(20)9-17(19(14)25)23(26)27/h4-10,12,25H,3,11H2,1-2H3,(H,22,24). The predicted molar refractivity (Wildman–Crippen MR) is 109 cm³/mol. The number of halogens is 1. The van der Waals surface area contributed by atoms with Crippen molar-refractivity contribution in [3.63, 3.8) is 0 Å². The van der Waals surface area contributed by atoms with Crippen molar-refractivity contribution in [2.24, 2.45) is 5.10 Å². The van der Waals surface area contributed by atoms with E-state index in [9.17, 15) is 20.0 Å². The number of hydrogen-bond acceptors (Lipinski definition) is 6. The van der Waals surface area contributed by atoms with Gasteiger partial charge in [0.1, 0.15) is 5.75 Å². The fourth-order valence-corrected chi connectivity index (χ4v) is 2.79. The summed E-state index contributed by atoms with van der Waals surface area (Å²) in [5.74, 6) is -0.0292. The van der Waals surface area contributed by atoms with Gasteiger partial charge < -0.3 is 9.84 Å². The third-order valence-corrected chi connectivity index (χ3v) is 4.56. The lowest BCUT2D eigenvalue weighted by molar-refractivity contribution is -0.385. The van der Waals surface area contributed by atoms with Gasteiger partial charge in [0.15, 0.2) is 6.61 Å². The summed E-state index contributed by atoms with van der Waals surface area (Å²) in [6.07, 6.45) is 2.16. The lowest BCUT2D eigenvalue weighted by Gasteiger charge is -2.10. The molecule has 0 saturated heterocycles. The molecule has 9 heteroatoms. The van der Waals surface area contributed by atoms with Crippen LogP contribution in [0.3, 0.4) is 0 Å². The predicted octanol–water partition coefficient (Wildman–Crippen LogP) is 4.11. The number of benzene rings is 2. The molecule has 2 aromatic rings. The van der Waals surface area contributed by atoms with Crippen molar-refractivity contribution in [2.75, 3.05) is 6.61 Å². The molecule has 8 nitrogen and oxygen atoms in total. The summed E-state index contributed by atoms with van der Waals surface area (Å²) in [6.45, 7) is 4.01. The molecule has 0 saturated carbocycles. The van der Waals surface area contributed by atoms with Crippen LogP contribution < -0.4 is 10.2 Å². The smallest absolute Gasteiger partial charge is 0.312 e. The Labute approximate surface area is 170 Å². The zero-order valence-electron chi connectivity index (χ0n) is 15.4. The van der Waals surface area contributed by atoms with Crippen molar-refractivity contribution >= 4 is 33.7 Å². The Bertz CT molecular complexity index is 884. The van der Waals surface area contributed by atoms with Crippen LogP contribution in [0.4, 0.5) is 5.69 Å². The van der Waals surface area contributed by atoms with Crippen molar-refractivity contribution in [1.82, 2.24) is 5.43 Å². The number of nitro groups is 1. The first-order valence-corrected chi connectivity index (χ1v) is 9.32. The van der Waals surface area contributed by atoms with Crippen LogP contribution in [0.1, 0.15) is 37.3 Å². The normalized spacial score (nSPS) is 12.0. The van der Waals surface area contributed by atoms with Gasteiger partial charge >= 0.3 is 5.69 Å². The van der Waals surface area contributed by atoms with E-state index in [4.69, 9.17) is 4.74 Å². The second-order valence-electron chi connectivity index (χ2n) is 6.08. The van der Waals surface area contributed by atoms with E-state index in [0.29, 0.717) is 16.1 Å². The molecule has 2 rings (SSSR count). The minimum Gasteiger partial charge on any atom is -0.502 e. The molecule has 2 N–H and O–H groups in total. The van der Waals surface area contributed by atoms with Crippen molar-refractivity contribution < 1.29 is 19.6 Å². The van der Waals surface area contributed by atoms with Crippen LogP contribution in [0.2, 0.25) is 0 Å². The van der Waals surface area contributed by atoms with Crippen LogP contribution in [-0.4, -0.2) is 28.8 Å². The first kappa shape index (κ1) is 21.4. The first-order valence-electron chi connectivity index (χ1n) is 8.53. The molecule has 0 aromatic heterocycles. The summed E-state index contributed by atoms with van der Waals surface area (Å²) in [6, 6.07) is 10.1. The highest BCUT2D eigenvalue weighted by atomic mass is 79.9. The Kier molecular flexibility index (Phi) is 7.51. The van der Waals surface area contributed by atoms with Gasteiger partial charge in [0.05, 0.1) is 11.1 Å². The van der Waals surface area contributed by atoms with Crippen molar-refractivity contribution in [1.29, 1.82) is 0 Å². The van der Waals surface area contributed by atoms with Gasteiger partial charge in [-0.25, -0.2) is 5.43 Å². The average molecular weight is 450 g/mol. The number of nitrogens with one attached hydrogen (secondary N) is 1. The van der Waals surface area contributed by atoms with Crippen molar-refractivity contribution in [3.8, 4) is 11.5 Å². The number of hydrazone groups is 1.